The Bertz CT molecular complexity index is 832. The van der Waals surface area contributed by atoms with Crippen molar-refractivity contribution in [3.8, 4) is 0 Å². The van der Waals surface area contributed by atoms with Gasteiger partial charge < -0.3 is 4.43 Å². The van der Waals surface area contributed by atoms with E-state index >= 15 is 0 Å². The maximum atomic E-state index is 12.6. The summed E-state index contributed by atoms with van der Waals surface area (Å²) in [5.74, 6) is 2.52. The molecule has 0 heterocycles. The van der Waals surface area contributed by atoms with Gasteiger partial charge >= 0.3 is 0 Å². The van der Waals surface area contributed by atoms with Crippen molar-refractivity contribution >= 4 is 19.9 Å². The molecule has 0 bridgehead atoms. The number of hydrogen-bond acceptors (Lipinski definition) is 3. The molecule has 4 aliphatic rings. The summed E-state index contributed by atoms with van der Waals surface area (Å²) in [6.45, 7) is 20.2. The van der Waals surface area contributed by atoms with Gasteiger partial charge in [0, 0.05) is 18.4 Å². The summed E-state index contributed by atoms with van der Waals surface area (Å²) < 4.78 is 7.10. The SMILES string of the molecule is C=C1[C@@H](C(C)=O)C[C@H](O[Si](C)(C)C(C)(C)C)[C@H]2[C@@H]3CCC4=CC(=O)CC[C@]4(C)[C@H]3C[C@@H]12. The van der Waals surface area contributed by atoms with Crippen molar-refractivity contribution in [3.63, 3.8) is 0 Å². The highest BCUT2D eigenvalue weighted by molar-refractivity contribution is 6.74. The minimum Gasteiger partial charge on any atom is -0.414 e. The molecule has 3 nitrogen and oxygen atoms in total. The first-order chi connectivity index (χ1) is 14.3. The van der Waals surface area contributed by atoms with E-state index in [1.807, 2.05) is 6.08 Å². The van der Waals surface area contributed by atoms with Crippen molar-refractivity contribution < 1.29 is 14.0 Å². The molecule has 0 unspecified atom stereocenters. The second-order valence-electron chi connectivity index (χ2n) is 12.7. The molecule has 31 heavy (non-hydrogen) atoms. The number of ketones is 2. The van der Waals surface area contributed by atoms with E-state index in [4.69, 9.17) is 4.43 Å². The zero-order valence-electron chi connectivity index (χ0n) is 20.7. The van der Waals surface area contributed by atoms with Crippen molar-refractivity contribution in [1.82, 2.24) is 0 Å². The lowest BCUT2D eigenvalue weighted by Crippen LogP contribution is -2.51. The van der Waals surface area contributed by atoms with Crippen LogP contribution in [0.5, 0.6) is 0 Å². The maximum absolute atomic E-state index is 12.6. The zero-order valence-corrected chi connectivity index (χ0v) is 21.7. The topological polar surface area (TPSA) is 43.4 Å². The number of carbonyl (C=O) groups excluding carboxylic acids is 2. The molecule has 0 aromatic carbocycles. The predicted octanol–water partition coefficient (Wildman–Crippen LogP) is 6.50. The Morgan fingerprint density at radius 3 is 2.52 bits per heavy atom. The van der Waals surface area contributed by atoms with Crippen molar-refractivity contribution in [2.45, 2.75) is 97.4 Å². The van der Waals surface area contributed by atoms with Gasteiger partial charge in [-0.15, -0.1) is 0 Å². The normalized spacial score (nSPS) is 40.7. The highest BCUT2D eigenvalue weighted by atomic mass is 28.4. The van der Waals surface area contributed by atoms with Gasteiger partial charge in [0.05, 0.1) is 0 Å². The Balaban J connectivity index is 1.71. The summed E-state index contributed by atoms with van der Waals surface area (Å²) in [4.78, 5) is 24.7. The maximum Gasteiger partial charge on any atom is 0.192 e. The van der Waals surface area contributed by atoms with E-state index in [0.29, 0.717) is 35.9 Å². The Hall–Kier alpha value is -1.00. The van der Waals surface area contributed by atoms with Crippen LogP contribution in [0.2, 0.25) is 18.1 Å². The van der Waals surface area contributed by atoms with Crippen LogP contribution < -0.4 is 0 Å². The first-order valence-electron chi connectivity index (χ1n) is 12.4. The van der Waals surface area contributed by atoms with Crippen LogP contribution in [0.1, 0.15) is 73.1 Å². The molecule has 7 atom stereocenters. The van der Waals surface area contributed by atoms with Gasteiger partial charge in [0.1, 0.15) is 5.78 Å². The van der Waals surface area contributed by atoms with Crippen LogP contribution in [0.3, 0.4) is 0 Å². The van der Waals surface area contributed by atoms with Crippen LogP contribution in [-0.2, 0) is 14.0 Å². The van der Waals surface area contributed by atoms with Crippen molar-refractivity contribution in [1.29, 1.82) is 0 Å². The standard InChI is InChI=1S/C27H42O3Si/c1-16-21(17(2)28)15-24(30-31(7,8)26(3,4)5)25-20-10-9-18-13-19(29)11-12-27(18,6)23(20)14-22(16)25/h13,20-25H,1,9-12,14-15H2,2-8H3/t20-,21+,22+,23+,24+,25+,27+/m1/s1. The fourth-order valence-electron chi connectivity index (χ4n) is 7.22. The van der Waals surface area contributed by atoms with Gasteiger partial charge in [-0.3, -0.25) is 9.59 Å². The van der Waals surface area contributed by atoms with E-state index in [1.165, 1.54) is 11.1 Å². The second-order valence-corrected chi connectivity index (χ2v) is 17.4. The first-order valence-corrected chi connectivity index (χ1v) is 15.3. The van der Waals surface area contributed by atoms with Crippen LogP contribution in [0.15, 0.2) is 23.8 Å². The number of rotatable bonds is 3. The van der Waals surface area contributed by atoms with Crippen LogP contribution in [0.4, 0.5) is 0 Å². The van der Waals surface area contributed by atoms with Gasteiger partial charge in [0.15, 0.2) is 14.1 Å². The minimum atomic E-state index is -1.95. The summed E-state index contributed by atoms with van der Waals surface area (Å²) in [6.07, 6.45) is 7.89. The lowest BCUT2D eigenvalue weighted by molar-refractivity contribution is -0.122. The number of hydrogen-bond donors (Lipinski definition) is 0. The third-order valence-electron chi connectivity index (χ3n) is 10.1. The molecule has 4 aliphatic carbocycles. The van der Waals surface area contributed by atoms with Gasteiger partial charge in [0.2, 0.25) is 0 Å². The van der Waals surface area contributed by atoms with Crippen LogP contribution in [0, 0.1) is 35.0 Å². The fraction of sp³-hybridized carbons (Fsp3) is 0.778. The molecule has 4 heteroatoms. The van der Waals surface area contributed by atoms with E-state index in [1.54, 1.807) is 6.92 Å². The van der Waals surface area contributed by atoms with E-state index in [-0.39, 0.29) is 28.3 Å². The molecular weight excluding hydrogens is 400 g/mol. The average molecular weight is 443 g/mol. The number of fused-ring (bicyclic) bond motifs is 5. The van der Waals surface area contributed by atoms with Crippen LogP contribution in [-0.4, -0.2) is 26.0 Å². The molecule has 4 rings (SSSR count). The molecule has 0 spiro atoms. The molecule has 0 saturated heterocycles. The molecule has 172 valence electrons. The molecule has 3 fully saturated rings. The van der Waals surface area contributed by atoms with Gasteiger partial charge in [-0.1, -0.05) is 45.4 Å². The van der Waals surface area contributed by atoms with Crippen LogP contribution >= 0.6 is 0 Å². The van der Waals surface area contributed by atoms with Gasteiger partial charge in [-0.2, -0.15) is 0 Å². The average Bonchev–Trinajstić information content (AvgIpc) is 3.05. The molecule has 0 radical (unpaired) electrons. The summed E-state index contributed by atoms with van der Waals surface area (Å²) in [5.41, 5.74) is 2.68. The molecule has 0 amide bonds. The predicted molar refractivity (Wildman–Crippen MR) is 128 cm³/mol. The summed E-state index contributed by atoms with van der Waals surface area (Å²) >= 11 is 0. The van der Waals surface area contributed by atoms with Crippen molar-refractivity contribution in [2.24, 2.45) is 35.0 Å². The third-order valence-corrected chi connectivity index (χ3v) is 14.6. The van der Waals surface area contributed by atoms with E-state index in [2.05, 4.69) is 47.4 Å². The van der Waals surface area contributed by atoms with Crippen LogP contribution in [0.25, 0.3) is 0 Å². The Morgan fingerprint density at radius 2 is 1.90 bits per heavy atom. The number of carbonyl (C=O) groups is 2. The Labute approximate surface area is 190 Å². The van der Waals surface area contributed by atoms with E-state index in [0.717, 1.165) is 32.1 Å². The second kappa shape index (κ2) is 7.51. The number of allylic oxidation sites excluding steroid dienone is 3. The monoisotopic (exact) mass is 442 g/mol. The molecular formula is C27H42O3Si. The molecule has 0 N–H and O–H groups in total. The highest BCUT2D eigenvalue weighted by Crippen LogP contribution is 2.65. The lowest BCUT2D eigenvalue weighted by Gasteiger charge is -2.50. The zero-order chi connectivity index (χ0) is 22.9. The molecule has 3 saturated carbocycles. The lowest BCUT2D eigenvalue weighted by atomic mass is 9.56. The Kier molecular flexibility index (Phi) is 5.62. The van der Waals surface area contributed by atoms with Gasteiger partial charge in [-0.25, -0.2) is 0 Å². The molecule has 0 aromatic heterocycles. The summed E-state index contributed by atoms with van der Waals surface area (Å²) in [6, 6.07) is 0. The number of Topliss-reactive ketones (excluding diaryl/α,β-unsaturated/α-hetero) is 1. The first kappa shape index (κ1) is 23.2. The van der Waals surface area contributed by atoms with Gasteiger partial charge in [0.25, 0.3) is 0 Å². The van der Waals surface area contributed by atoms with E-state index < -0.39 is 8.32 Å². The fourth-order valence-corrected chi connectivity index (χ4v) is 8.58. The Morgan fingerprint density at radius 1 is 1.23 bits per heavy atom. The molecule has 0 aliphatic heterocycles. The molecule has 0 aromatic rings. The smallest absolute Gasteiger partial charge is 0.192 e. The minimum absolute atomic E-state index is 0.0630. The summed E-state index contributed by atoms with van der Waals surface area (Å²) in [7, 11) is -1.95. The van der Waals surface area contributed by atoms with E-state index in [9.17, 15) is 9.59 Å². The summed E-state index contributed by atoms with van der Waals surface area (Å²) in [5, 5.41) is 0.152. The quantitative estimate of drug-likeness (QED) is 0.370. The highest BCUT2D eigenvalue weighted by Gasteiger charge is 2.60. The van der Waals surface area contributed by atoms with Crippen molar-refractivity contribution in [2.75, 3.05) is 0 Å². The largest absolute Gasteiger partial charge is 0.414 e. The van der Waals surface area contributed by atoms with Crippen molar-refractivity contribution in [3.05, 3.63) is 23.8 Å². The van der Waals surface area contributed by atoms with Gasteiger partial charge in [-0.05, 0) is 92.3 Å². The third kappa shape index (κ3) is 3.66.